The Morgan fingerprint density at radius 3 is 2.22 bits per heavy atom. The largest absolute Gasteiger partial charge is 0.445 e. The number of ether oxygens (including phenoxy) is 1. The number of amides is 3. The summed E-state index contributed by atoms with van der Waals surface area (Å²) in [6.45, 7) is 7.75. The van der Waals surface area contributed by atoms with Crippen LogP contribution in [-0.2, 0) is 20.9 Å². The first-order valence-corrected chi connectivity index (χ1v) is 9.31. The average Bonchev–Trinajstić information content (AvgIpc) is 2.63. The van der Waals surface area contributed by atoms with Crippen molar-refractivity contribution in [2.45, 2.75) is 59.2 Å². The number of carbonyl (C=O) groups is 3. The van der Waals surface area contributed by atoms with Gasteiger partial charge in [0, 0.05) is 0 Å². The van der Waals surface area contributed by atoms with Gasteiger partial charge in [0.25, 0.3) is 0 Å². The summed E-state index contributed by atoms with van der Waals surface area (Å²) in [6.07, 6.45) is 0.425. The monoisotopic (exact) mass is 377 g/mol. The highest BCUT2D eigenvalue weighted by atomic mass is 16.5. The van der Waals surface area contributed by atoms with Crippen LogP contribution in [-0.4, -0.2) is 30.0 Å². The smallest absolute Gasteiger partial charge is 0.408 e. The number of nitrogens with two attached hydrogens (primary N) is 1. The maximum Gasteiger partial charge on any atom is 0.408 e. The summed E-state index contributed by atoms with van der Waals surface area (Å²) in [6, 6.07) is 7.68. The second kappa shape index (κ2) is 11.2. The van der Waals surface area contributed by atoms with Crippen molar-refractivity contribution in [2.75, 3.05) is 0 Å². The van der Waals surface area contributed by atoms with E-state index in [0.717, 1.165) is 5.56 Å². The predicted octanol–water partition coefficient (Wildman–Crippen LogP) is 2.34. The molecule has 1 rings (SSSR count). The number of alkyl carbamates (subject to hydrolysis) is 1. The lowest BCUT2D eigenvalue weighted by molar-refractivity contribution is -0.129. The van der Waals surface area contributed by atoms with E-state index < -0.39 is 30.0 Å². The molecular weight excluding hydrogens is 346 g/mol. The number of benzene rings is 1. The molecule has 0 aliphatic heterocycles. The van der Waals surface area contributed by atoms with Crippen LogP contribution in [0.1, 0.15) is 46.1 Å². The molecular formula is C20H31N3O4. The van der Waals surface area contributed by atoms with E-state index in [1.807, 2.05) is 58.0 Å². The number of nitrogens with one attached hydrogen (secondary N) is 2. The topological polar surface area (TPSA) is 111 Å². The van der Waals surface area contributed by atoms with E-state index >= 15 is 0 Å². The third-order valence-electron chi connectivity index (χ3n) is 4.35. The number of rotatable bonds is 10. The van der Waals surface area contributed by atoms with Crippen molar-refractivity contribution >= 4 is 17.9 Å². The van der Waals surface area contributed by atoms with Gasteiger partial charge in [-0.15, -0.1) is 0 Å². The van der Waals surface area contributed by atoms with E-state index in [9.17, 15) is 14.4 Å². The highest BCUT2D eigenvalue weighted by Gasteiger charge is 2.29. The molecule has 0 aliphatic rings. The highest BCUT2D eigenvalue weighted by molar-refractivity contribution is 5.90. The van der Waals surface area contributed by atoms with Gasteiger partial charge in [0.15, 0.2) is 0 Å². The Labute approximate surface area is 161 Å². The first kappa shape index (κ1) is 22.5. The van der Waals surface area contributed by atoms with Gasteiger partial charge in [0.1, 0.15) is 18.7 Å². The van der Waals surface area contributed by atoms with E-state index in [2.05, 4.69) is 10.6 Å². The maximum atomic E-state index is 12.7. The fraction of sp³-hybridized carbons (Fsp3) is 0.550. The number of carbonyl (C=O) groups excluding carboxylic acids is 3. The minimum absolute atomic E-state index is 0.110. The molecule has 0 aliphatic carbocycles. The Morgan fingerprint density at radius 1 is 1.07 bits per heavy atom. The van der Waals surface area contributed by atoms with Crippen molar-refractivity contribution in [3.05, 3.63) is 35.9 Å². The molecule has 0 bridgehead atoms. The van der Waals surface area contributed by atoms with Crippen LogP contribution in [0.5, 0.6) is 0 Å². The van der Waals surface area contributed by atoms with Crippen LogP contribution in [0.3, 0.4) is 0 Å². The molecule has 1 aromatic carbocycles. The fourth-order valence-electron chi connectivity index (χ4n) is 2.57. The van der Waals surface area contributed by atoms with Gasteiger partial charge in [-0.05, 0) is 23.8 Å². The van der Waals surface area contributed by atoms with Crippen LogP contribution in [0.2, 0.25) is 0 Å². The summed E-state index contributed by atoms with van der Waals surface area (Å²) in [4.78, 5) is 36.4. The lowest BCUT2D eigenvalue weighted by atomic mass is 9.97. The zero-order valence-electron chi connectivity index (χ0n) is 16.5. The van der Waals surface area contributed by atoms with E-state index in [-0.39, 0.29) is 18.4 Å². The Bertz CT molecular complexity index is 619. The summed E-state index contributed by atoms with van der Waals surface area (Å²) in [5.74, 6) is -0.979. The van der Waals surface area contributed by atoms with E-state index in [4.69, 9.17) is 10.5 Å². The summed E-state index contributed by atoms with van der Waals surface area (Å²) in [5, 5.41) is 5.27. The third kappa shape index (κ3) is 8.11. The Kier molecular flexibility index (Phi) is 9.33. The van der Waals surface area contributed by atoms with Crippen molar-refractivity contribution in [3.8, 4) is 0 Å². The fourth-order valence-corrected chi connectivity index (χ4v) is 2.57. The summed E-state index contributed by atoms with van der Waals surface area (Å²) in [7, 11) is 0. The molecule has 27 heavy (non-hydrogen) atoms. The molecule has 1 aromatic rings. The van der Waals surface area contributed by atoms with Gasteiger partial charge in [-0.3, -0.25) is 9.59 Å². The Morgan fingerprint density at radius 2 is 1.70 bits per heavy atom. The second-order valence-electron chi connectivity index (χ2n) is 7.16. The molecule has 7 nitrogen and oxygen atoms in total. The Hall–Kier alpha value is -2.57. The van der Waals surface area contributed by atoms with Crippen LogP contribution in [0.15, 0.2) is 30.3 Å². The molecule has 0 spiro atoms. The van der Waals surface area contributed by atoms with Crippen LogP contribution in [0.25, 0.3) is 0 Å². The van der Waals surface area contributed by atoms with Gasteiger partial charge in [-0.1, -0.05) is 64.4 Å². The van der Waals surface area contributed by atoms with Gasteiger partial charge < -0.3 is 21.1 Å². The molecule has 0 radical (unpaired) electrons. The first-order valence-electron chi connectivity index (χ1n) is 9.31. The van der Waals surface area contributed by atoms with E-state index in [1.165, 1.54) is 0 Å². The molecule has 0 saturated heterocycles. The summed E-state index contributed by atoms with van der Waals surface area (Å²) < 4.78 is 5.20. The van der Waals surface area contributed by atoms with Gasteiger partial charge in [0.05, 0.1) is 0 Å². The van der Waals surface area contributed by atoms with E-state index in [0.29, 0.717) is 12.8 Å². The van der Waals surface area contributed by atoms with Crippen molar-refractivity contribution in [2.24, 2.45) is 17.6 Å². The van der Waals surface area contributed by atoms with E-state index in [1.54, 1.807) is 0 Å². The molecule has 4 N–H and O–H groups in total. The normalized spacial score (nSPS) is 14.1. The lowest BCUT2D eigenvalue weighted by Crippen LogP contribution is -2.55. The zero-order valence-corrected chi connectivity index (χ0v) is 16.5. The minimum Gasteiger partial charge on any atom is -0.445 e. The van der Waals surface area contributed by atoms with Gasteiger partial charge >= 0.3 is 6.09 Å². The first-order chi connectivity index (χ1) is 12.7. The average molecular weight is 377 g/mol. The van der Waals surface area contributed by atoms with Crippen molar-refractivity contribution in [1.29, 1.82) is 0 Å². The van der Waals surface area contributed by atoms with Gasteiger partial charge in [-0.2, -0.15) is 0 Å². The number of hydrogen-bond acceptors (Lipinski definition) is 4. The molecule has 0 heterocycles. The quantitative estimate of drug-likeness (QED) is 0.581. The van der Waals surface area contributed by atoms with Crippen molar-refractivity contribution in [1.82, 2.24) is 10.6 Å². The standard InChI is InChI=1S/C20H31N3O4/c1-5-14(4)17(19(25)22-16(18(21)24)11-13(2)3)23-20(26)27-12-15-9-7-6-8-10-15/h6-10,13-14,16-17H,5,11-12H2,1-4H3,(H2,21,24)(H,22,25)(H,23,26)/t14-,16-,17-/m0/s1. The molecule has 0 saturated carbocycles. The molecule has 7 heteroatoms. The zero-order chi connectivity index (χ0) is 20.4. The maximum absolute atomic E-state index is 12.7. The van der Waals surface area contributed by atoms with Gasteiger partial charge in [-0.25, -0.2) is 4.79 Å². The predicted molar refractivity (Wildman–Crippen MR) is 104 cm³/mol. The molecule has 0 aromatic heterocycles. The van der Waals surface area contributed by atoms with Crippen molar-refractivity contribution < 1.29 is 19.1 Å². The summed E-state index contributed by atoms with van der Waals surface area (Å²) >= 11 is 0. The lowest BCUT2D eigenvalue weighted by Gasteiger charge is -2.26. The van der Waals surface area contributed by atoms with Crippen LogP contribution >= 0.6 is 0 Å². The van der Waals surface area contributed by atoms with Crippen LogP contribution in [0, 0.1) is 11.8 Å². The molecule has 3 amide bonds. The minimum atomic E-state index is -0.813. The van der Waals surface area contributed by atoms with Crippen LogP contribution < -0.4 is 16.4 Å². The van der Waals surface area contributed by atoms with Crippen molar-refractivity contribution in [3.63, 3.8) is 0 Å². The molecule has 0 fully saturated rings. The number of hydrogen-bond donors (Lipinski definition) is 3. The molecule has 0 unspecified atom stereocenters. The summed E-state index contributed by atoms with van der Waals surface area (Å²) in [5.41, 5.74) is 6.24. The molecule has 150 valence electrons. The third-order valence-corrected chi connectivity index (χ3v) is 4.35. The number of primary amides is 1. The molecule has 3 atom stereocenters. The Balaban J connectivity index is 2.71. The van der Waals surface area contributed by atoms with Crippen LogP contribution in [0.4, 0.5) is 4.79 Å². The van der Waals surface area contributed by atoms with Gasteiger partial charge in [0.2, 0.25) is 11.8 Å². The highest BCUT2D eigenvalue weighted by Crippen LogP contribution is 2.11. The SMILES string of the molecule is CC[C@H](C)[C@H](NC(=O)OCc1ccccc1)C(=O)N[C@@H](CC(C)C)C(N)=O. The second-order valence-corrected chi connectivity index (χ2v) is 7.16.